The summed E-state index contributed by atoms with van der Waals surface area (Å²) < 4.78 is 29.3. The quantitative estimate of drug-likeness (QED) is 0.849. The molecule has 1 aromatic rings. The lowest BCUT2D eigenvalue weighted by Crippen LogP contribution is -2.61. The van der Waals surface area contributed by atoms with Crippen molar-refractivity contribution in [1.82, 2.24) is 0 Å². The maximum atomic E-state index is 11.6. The highest BCUT2D eigenvalue weighted by Gasteiger charge is 2.39. The lowest BCUT2D eigenvalue weighted by molar-refractivity contribution is -0.0167. The Morgan fingerprint density at radius 2 is 1.94 bits per heavy atom. The smallest absolute Gasteiger partial charge is 0.175 e. The number of methoxy groups -OCH3 is 1. The van der Waals surface area contributed by atoms with E-state index in [4.69, 9.17) is 4.74 Å². The van der Waals surface area contributed by atoms with Gasteiger partial charge in [0.15, 0.2) is 9.84 Å². The van der Waals surface area contributed by atoms with Crippen LogP contribution in [0.5, 0.6) is 0 Å². The summed E-state index contributed by atoms with van der Waals surface area (Å²) >= 11 is 3.35. The number of nitrogens with zero attached hydrogens (tertiary/aromatic N) is 1. The highest BCUT2D eigenvalue weighted by atomic mass is 79.9. The van der Waals surface area contributed by atoms with Crippen molar-refractivity contribution in [2.45, 2.75) is 17.4 Å². The molecule has 0 atom stereocenters. The highest BCUT2D eigenvalue weighted by Crippen LogP contribution is 2.33. The fourth-order valence-electron chi connectivity index (χ4n) is 2.02. The Balaban J connectivity index is 2.29. The highest BCUT2D eigenvalue weighted by molar-refractivity contribution is 9.10. The molecule has 1 aliphatic heterocycles. The third-order valence-corrected chi connectivity index (χ3v) is 4.74. The monoisotopic (exact) mass is 333 g/mol. The molecule has 6 heteroatoms. The van der Waals surface area contributed by atoms with Gasteiger partial charge in [-0.2, -0.15) is 0 Å². The fraction of sp³-hybridized carbons (Fsp3) is 0.500. The number of ether oxygens (including phenoxy) is 1. The first-order valence-corrected chi connectivity index (χ1v) is 8.23. The van der Waals surface area contributed by atoms with Gasteiger partial charge in [0.2, 0.25) is 0 Å². The van der Waals surface area contributed by atoms with E-state index in [2.05, 4.69) is 20.8 Å². The summed E-state index contributed by atoms with van der Waals surface area (Å²) in [7, 11) is -1.49. The van der Waals surface area contributed by atoms with Crippen LogP contribution in [0, 0.1) is 0 Å². The van der Waals surface area contributed by atoms with Crippen molar-refractivity contribution < 1.29 is 13.2 Å². The SMILES string of the molecule is COC1(C)CN(c2cc(Br)cc(S(C)(=O)=O)c2)C1. The molecule has 0 amide bonds. The van der Waals surface area contributed by atoms with Gasteiger partial charge in [-0.05, 0) is 25.1 Å². The van der Waals surface area contributed by atoms with Gasteiger partial charge in [0, 0.05) is 36.6 Å². The third kappa shape index (κ3) is 2.70. The summed E-state index contributed by atoms with van der Waals surface area (Å²) in [5.41, 5.74) is 0.771. The molecule has 1 heterocycles. The molecule has 100 valence electrons. The zero-order valence-electron chi connectivity index (χ0n) is 10.6. The average Bonchev–Trinajstić information content (AvgIpc) is 2.22. The number of benzene rings is 1. The summed E-state index contributed by atoms with van der Waals surface area (Å²) in [6.45, 7) is 3.57. The maximum absolute atomic E-state index is 11.6. The van der Waals surface area contributed by atoms with Crippen molar-refractivity contribution in [3.63, 3.8) is 0 Å². The fourth-order valence-corrected chi connectivity index (χ4v) is 3.33. The lowest BCUT2D eigenvalue weighted by atomic mass is 9.96. The molecule has 0 unspecified atom stereocenters. The van der Waals surface area contributed by atoms with Crippen molar-refractivity contribution in [3.8, 4) is 0 Å². The number of rotatable bonds is 3. The Labute approximate surface area is 116 Å². The first kappa shape index (κ1) is 13.8. The van der Waals surface area contributed by atoms with Gasteiger partial charge in [-0.15, -0.1) is 0 Å². The Hall–Kier alpha value is -0.590. The predicted octanol–water partition coefficient (Wildman–Crippen LogP) is 2.08. The molecular weight excluding hydrogens is 318 g/mol. The molecule has 1 aliphatic rings. The van der Waals surface area contributed by atoms with Gasteiger partial charge in [0.25, 0.3) is 0 Å². The second-order valence-electron chi connectivity index (χ2n) is 4.93. The summed E-state index contributed by atoms with van der Waals surface area (Å²) in [4.78, 5) is 2.43. The molecule has 0 radical (unpaired) electrons. The molecule has 0 bridgehead atoms. The number of hydrogen-bond acceptors (Lipinski definition) is 4. The van der Waals surface area contributed by atoms with Crippen LogP contribution in [0.3, 0.4) is 0 Å². The Kier molecular flexibility index (Phi) is 3.46. The lowest BCUT2D eigenvalue weighted by Gasteiger charge is -2.48. The molecule has 1 aromatic carbocycles. The second-order valence-corrected chi connectivity index (χ2v) is 7.86. The van der Waals surface area contributed by atoms with Crippen LogP contribution in [0.15, 0.2) is 27.6 Å². The van der Waals surface area contributed by atoms with Crippen molar-refractivity contribution in [2.24, 2.45) is 0 Å². The van der Waals surface area contributed by atoms with Crippen LogP contribution in [-0.4, -0.2) is 40.5 Å². The molecule has 1 saturated heterocycles. The molecule has 0 saturated carbocycles. The van der Waals surface area contributed by atoms with Gasteiger partial charge in [-0.1, -0.05) is 15.9 Å². The van der Waals surface area contributed by atoms with E-state index in [1.54, 1.807) is 19.2 Å². The molecule has 0 aromatic heterocycles. The average molecular weight is 334 g/mol. The van der Waals surface area contributed by atoms with E-state index >= 15 is 0 Å². The van der Waals surface area contributed by atoms with Crippen LogP contribution < -0.4 is 4.90 Å². The van der Waals surface area contributed by atoms with E-state index < -0.39 is 9.84 Å². The summed E-state index contributed by atoms with van der Waals surface area (Å²) in [6.07, 6.45) is 1.22. The molecule has 2 rings (SSSR count). The number of anilines is 1. The largest absolute Gasteiger partial charge is 0.375 e. The van der Waals surface area contributed by atoms with Crippen LogP contribution in [0.4, 0.5) is 5.69 Å². The van der Waals surface area contributed by atoms with E-state index in [1.807, 2.05) is 13.0 Å². The van der Waals surface area contributed by atoms with Gasteiger partial charge in [-0.3, -0.25) is 0 Å². The van der Waals surface area contributed by atoms with Gasteiger partial charge < -0.3 is 9.64 Å². The van der Waals surface area contributed by atoms with E-state index in [-0.39, 0.29) is 5.60 Å². The van der Waals surface area contributed by atoms with Crippen LogP contribution in [0.25, 0.3) is 0 Å². The first-order valence-electron chi connectivity index (χ1n) is 5.54. The van der Waals surface area contributed by atoms with E-state index in [9.17, 15) is 8.42 Å². The topological polar surface area (TPSA) is 46.6 Å². The molecule has 0 N–H and O–H groups in total. The molecule has 4 nitrogen and oxygen atoms in total. The number of halogens is 1. The van der Waals surface area contributed by atoms with E-state index in [0.717, 1.165) is 23.2 Å². The van der Waals surface area contributed by atoms with Gasteiger partial charge in [0.05, 0.1) is 10.5 Å². The Morgan fingerprint density at radius 3 is 2.44 bits per heavy atom. The zero-order chi connectivity index (χ0) is 13.6. The third-order valence-electron chi connectivity index (χ3n) is 3.19. The minimum absolute atomic E-state index is 0.131. The van der Waals surface area contributed by atoms with Gasteiger partial charge in [-0.25, -0.2) is 8.42 Å². The molecule has 18 heavy (non-hydrogen) atoms. The molecule has 0 spiro atoms. The van der Waals surface area contributed by atoms with Crippen molar-refractivity contribution in [1.29, 1.82) is 0 Å². The molecule has 0 aliphatic carbocycles. The van der Waals surface area contributed by atoms with E-state index in [1.165, 1.54) is 6.26 Å². The van der Waals surface area contributed by atoms with Crippen molar-refractivity contribution >= 4 is 31.5 Å². The minimum atomic E-state index is -3.19. The van der Waals surface area contributed by atoms with Crippen molar-refractivity contribution in [3.05, 3.63) is 22.7 Å². The first-order chi connectivity index (χ1) is 8.23. The molecular formula is C12H16BrNO3S. The molecule has 1 fully saturated rings. The van der Waals surface area contributed by atoms with Crippen molar-refractivity contribution in [2.75, 3.05) is 31.4 Å². The summed E-state index contributed by atoms with van der Waals surface area (Å²) in [5, 5.41) is 0. The van der Waals surface area contributed by atoms with Crippen LogP contribution >= 0.6 is 15.9 Å². The van der Waals surface area contributed by atoms with Crippen LogP contribution in [0.2, 0.25) is 0 Å². The number of sulfone groups is 1. The normalized spacial score (nSPS) is 18.6. The Morgan fingerprint density at radius 1 is 1.33 bits per heavy atom. The number of hydrogen-bond donors (Lipinski definition) is 0. The van der Waals surface area contributed by atoms with Gasteiger partial charge in [0.1, 0.15) is 0 Å². The van der Waals surface area contributed by atoms with Crippen LogP contribution in [-0.2, 0) is 14.6 Å². The van der Waals surface area contributed by atoms with Gasteiger partial charge >= 0.3 is 0 Å². The standard InChI is InChI=1S/C12H16BrNO3S/c1-12(17-2)7-14(8-12)10-4-9(13)5-11(6-10)18(3,15)16/h4-6H,7-8H2,1-3H3. The minimum Gasteiger partial charge on any atom is -0.375 e. The summed E-state index contributed by atoms with van der Waals surface area (Å²) in [6, 6.07) is 5.24. The Bertz CT molecular complexity index is 565. The second kappa shape index (κ2) is 4.51. The predicted molar refractivity (Wildman–Crippen MR) is 74.9 cm³/mol. The summed E-state index contributed by atoms with van der Waals surface area (Å²) in [5.74, 6) is 0. The zero-order valence-corrected chi connectivity index (χ0v) is 13.0. The van der Waals surface area contributed by atoms with Crippen LogP contribution in [0.1, 0.15) is 6.92 Å². The van der Waals surface area contributed by atoms with E-state index in [0.29, 0.717) is 4.90 Å². The maximum Gasteiger partial charge on any atom is 0.175 e.